The van der Waals surface area contributed by atoms with Gasteiger partial charge in [-0.3, -0.25) is 0 Å². The first kappa shape index (κ1) is 11.0. The van der Waals surface area contributed by atoms with E-state index < -0.39 is 0 Å². The number of hydrogen-bond acceptors (Lipinski definition) is 3. The lowest BCUT2D eigenvalue weighted by atomic mass is 10.3. The first-order valence-corrected chi connectivity index (χ1v) is 4.87. The van der Waals surface area contributed by atoms with Gasteiger partial charge in [0.25, 0.3) is 0 Å². The standard InChI is InChI=1S/C8H9FIN3O/c9-5-2-1-3-6(8(5)10)12-4-7(11)13-14/h1-3,12,14H,4H2,(H2,11,13). The Morgan fingerprint density at radius 2 is 2.36 bits per heavy atom. The van der Waals surface area contributed by atoms with Crippen molar-refractivity contribution in [2.75, 3.05) is 11.9 Å². The first-order valence-electron chi connectivity index (χ1n) is 3.79. The molecular weight excluding hydrogens is 300 g/mol. The Morgan fingerprint density at radius 1 is 1.64 bits per heavy atom. The van der Waals surface area contributed by atoms with Gasteiger partial charge in [-0.15, -0.1) is 0 Å². The van der Waals surface area contributed by atoms with E-state index in [9.17, 15) is 4.39 Å². The molecule has 0 aliphatic carbocycles. The monoisotopic (exact) mass is 309 g/mol. The largest absolute Gasteiger partial charge is 0.409 e. The third-order valence-electron chi connectivity index (χ3n) is 1.54. The summed E-state index contributed by atoms with van der Waals surface area (Å²) >= 11 is 1.88. The molecule has 6 heteroatoms. The lowest BCUT2D eigenvalue weighted by molar-refractivity contribution is 0.317. The van der Waals surface area contributed by atoms with E-state index in [2.05, 4.69) is 10.5 Å². The number of nitrogens with one attached hydrogen (secondary N) is 1. The second kappa shape index (κ2) is 4.99. The van der Waals surface area contributed by atoms with Gasteiger partial charge in [-0.05, 0) is 34.7 Å². The second-order valence-electron chi connectivity index (χ2n) is 2.55. The molecule has 0 spiro atoms. The van der Waals surface area contributed by atoms with Crippen LogP contribution in [0.5, 0.6) is 0 Å². The van der Waals surface area contributed by atoms with Crippen LogP contribution in [-0.2, 0) is 0 Å². The Balaban J connectivity index is 2.73. The van der Waals surface area contributed by atoms with Crippen LogP contribution in [0.25, 0.3) is 0 Å². The van der Waals surface area contributed by atoms with Gasteiger partial charge in [0, 0.05) is 0 Å². The van der Waals surface area contributed by atoms with Crippen LogP contribution in [0.3, 0.4) is 0 Å². The number of anilines is 1. The van der Waals surface area contributed by atoms with Crippen LogP contribution >= 0.6 is 22.6 Å². The zero-order chi connectivity index (χ0) is 10.6. The molecule has 0 heterocycles. The van der Waals surface area contributed by atoms with Gasteiger partial charge in [-0.1, -0.05) is 11.2 Å². The molecule has 1 aromatic carbocycles. The topological polar surface area (TPSA) is 70.6 Å². The third kappa shape index (κ3) is 2.72. The Labute approximate surface area is 94.1 Å². The van der Waals surface area contributed by atoms with Crippen molar-refractivity contribution in [3.63, 3.8) is 0 Å². The SMILES string of the molecule is N/C(CNc1cccc(F)c1I)=N/O. The van der Waals surface area contributed by atoms with E-state index in [1.165, 1.54) is 6.07 Å². The van der Waals surface area contributed by atoms with Crippen LogP contribution < -0.4 is 11.1 Å². The zero-order valence-electron chi connectivity index (χ0n) is 7.17. The van der Waals surface area contributed by atoms with Crippen molar-refractivity contribution in [3.8, 4) is 0 Å². The van der Waals surface area contributed by atoms with Crippen LogP contribution in [0.1, 0.15) is 0 Å². The molecule has 1 aromatic rings. The summed E-state index contributed by atoms with van der Waals surface area (Å²) in [6.07, 6.45) is 0. The van der Waals surface area contributed by atoms with Gasteiger partial charge < -0.3 is 16.3 Å². The van der Waals surface area contributed by atoms with Gasteiger partial charge in [0.1, 0.15) is 5.82 Å². The van der Waals surface area contributed by atoms with Crippen molar-refractivity contribution < 1.29 is 9.60 Å². The van der Waals surface area contributed by atoms with Crippen LogP contribution in [0, 0.1) is 9.39 Å². The van der Waals surface area contributed by atoms with Crippen molar-refractivity contribution in [1.29, 1.82) is 0 Å². The van der Waals surface area contributed by atoms with E-state index in [0.717, 1.165) is 0 Å². The lowest BCUT2D eigenvalue weighted by Crippen LogP contribution is -2.22. The van der Waals surface area contributed by atoms with Crippen molar-refractivity contribution in [2.45, 2.75) is 0 Å². The predicted octanol–water partition coefficient (Wildman–Crippen LogP) is 1.59. The Kier molecular flexibility index (Phi) is 3.93. The summed E-state index contributed by atoms with van der Waals surface area (Å²) in [5.74, 6) is -0.250. The highest BCUT2D eigenvalue weighted by Crippen LogP contribution is 2.20. The quantitative estimate of drug-likeness (QED) is 0.261. The van der Waals surface area contributed by atoms with E-state index in [1.54, 1.807) is 12.1 Å². The summed E-state index contributed by atoms with van der Waals surface area (Å²) < 4.78 is 13.5. The number of rotatable bonds is 3. The molecule has 0 aliphatic heterocycles. The highest BCUT2D eigenvalue weighted by molar-refractivity contribution is 14.1. The average Bonchev–Trinajstić information content (AvgIpc) is 2.20. The number of halogens is 2. The Bertz CT molecular complexity index is 356. The second-order valence-corrected chi connectivity index (χ2v) is 3.63. The number of nitrogens with zero attached hydrogens (tertiary/aromatic N) is 1. The average molecular weight is 309 g/mol. The molecule has 4 nitrogen and oxygen atoms in total. The van der Waals surface area contributed by atoms with Gasteiger partial charge in [0.15, 0.2) is 5.84 Å². The lowest BCUT2D eigenvalue weighted by Gasteiger charge is -2.07. The maximum absolute atomic E-state index is 13.0. The van der Waals surface area contributed by atoms with E-state index in [1.807, 2.05) is 22.6 Å². The Morgan fingerprint density at radius 3 is 3.00 bits per heavy atom. The molecule has 0 unspecified atom stereocenters. The third-order valence-corrected chi connectivity index (χ3v) is 2.64. The van der Waals surface area contributed by atoms with E-state index in [4.69, 9.17) is 10.9 Å². The minimum Gasteiger partial charge on any atom is -0.409 e. The van der Waals surface area contributed by atoms with Crippen LogP contribution in [0.15, 0.2) is 23.4 Å². The molecule has 1 rings (SSSR count). The minimum atomic E-state index is -0.296. The number of benzene rings is 1. The molecule has 0 saturated carbocycles. The molecule has 0 fully saturated rings. The Hall–Kier alpha value is -1.05. The fraction of sp³-hybridized carbons (Fsp3) is 0.125. The fourth-order valence-corrected chi connectivity index (χ4v) is 1.41. The first-order chi connectivity index (χ1) is 6.65. The summed E-state index contributed by atoms with van der Waals surface area (Å²) in [7, 11) is 0. The van der Waals surface area contributed by atoms with Crippen LogP contribution in [0.2, 0.25) is 0 Å². The molecule has 14 heavy (non-hydrogen) atoms. The van der Waals surface area contributed by atoms with E-state index in [0.29, 0.717) is 9.26 Å². The molecule has 0 radical (unpaired) electrons. The maximum atomic E-state index is 13.0. The highest BCUT2D eigenvalue weighted by atomic mass is 127. The van der Waals surface area contributed by atoms with Crippen molar-refractivity contribution in [2.24, 2.45) is 10.9 Å². The van der Waals surface area contributed by atoms with Crippen molar-refractivity contribution >= 4 is 34.1 Å². The molecule has 0 atom stereocenters. The fourth-order valence-electron chi connectivity index (χ4n) is 0.861. The predicted molar refractivity (Wildman–Crippen MR) is 61.0 cm³/mol. The van der Waals surface area contributed by atoms with Crippen molar-refractivity contribution in [3.05, 3.63) is 27.6 Å². The smallest absolute Gasteiger partial charge is 0.158 e. The van der Waals surface area contributed by atoms with Gasteiger partial charge in [-0.2, -0.15) is 0 Å². The van der Waals surface area contributed by atoms with E-state index in [-0.39, 0.29) is 18.2 Å². The number of hydrogen-bond donors (Lipinski definition) is 3. The molecule has 0 aromatic heterocycles. The summed E-state index contributed by atoms with van der Waals surface area (Å²) in [5.41, 5.74) is 5.87. The van der Waals surface area contributed by atoms with Gasteiger partial charge in [-0.25, -0.2) is 4.39 Å². The normalized spacial score (nSPS) is 11.4. The minimum absolute atomic E-state index is 0.0464. The summed E-state index contributed by atoms with van der Waals surface area (Å²) in [5, 5.41) is 13.9. The summed E-state index contributed by atoms with van der Waals surface area (Å²) in [6, 6.07) is 4.68. The van der Waals surface area contributed by atoms with Gasteiger partial charge >= 0.3 is 0 Å². The molecular formula is C8H9FIN3O. The molecule has 0 saturated heterocycles. The summed E-state index contributed by atoms with van der Waals surface area (Å²) in [4.78, 5) is 0. The summed E-state index contributed by atoms with van der Waals surface area (Å²) in [6.45, 7) is 0.177. The van der Waals surface area contributed by atoms with Crippen molar-refractivity contribution in [1.82, 2.24) is 0 Å². The van der Waals surface area contributed by atoms with E-state index >= 15 is 0 Å². The zero-order valence-corrected chi connectivity index (χ0v) is 9.32. The highest BCUT2D eigenvalue weighted by Gasteiger charge is 2.04. The van der Waals surface area contributed by atoms with Gasteiger partial charge in [0.05, 0.1) is 15.8 Å². The molecule has 0 aliphatic rings. The van der Waals surface area contributed by atoms with Crippen LogP contribution in [0.4, 0.5) is 10.1 Å². The molecule has 4 N–H and O–H groups in total. The van der Waals surface area contributed by atoms with Crippen LogP contribution in [-0.4, -0.2) is 17.6 Å². The number of amidine groups is 1. The molecule has 0 bridgehead atoms. The number of nitrogens with two attached hydrogens (primary N) is 1. The molecule has 0 amide bonds. The number of oxime groups is 1. The molecule has 76 valence electrons. The maximum Gasteiger partial charge on any atom is 0.158 e. The van der Waals surface area contributed by atoms with Gasteiger partial charge in [0.2, 0.25) is 0 Å².